The zero-order valence-corrected chi connectivity index (χ0v) is 18.6. The second-order valence-corrected chi connectivity index (χ2v) is 7.86. The molecule has 0 saturated heterocycles. The summed E-state index contributed by atoms with van der Waals surface area (Å²) in [5, 5.41) is 4.12. The highest BCUT2D eigenvalue weighted by Crippen LogP contribution is 2.20. The van der Waals surface area contributed by atoms with Crippen molar-refractivity contribution in [3.63, 3.8) is 0 Å². The summed E-state index contributed by atoms with van der Waals surface area (Å²) < 4.78 is 10.4. The molecule has 0 spiro atoms. The Hall–Kier alpha value is -2.21. The smallest absolute Gasteiger partial charge is 0.323 e. The van der Waals surface area contributed by atoms with Gasteiger partial charge in [-0.2, -0.15) is 4.98 Å². The van der Waals surface area contributed by atoms with Crippen LogP contribution in [0.3, 0.4) is 0 Å². The molecule has 2 rings (SSSR count). The Bertz CT molecular complexity index is 745. The van der Waals surface area contributed by atoms with E-state index in [1.807, 2.05) is 24.3 Å². The zero-order valence-electron chi connectivity index (χ0n) is 18.6. The highest BCUT2D eigenvalue weighted by atomic mass is 16.5. The number of ether oxygens (including phenoxy) is 1. The van der Waals surface area contributed by atoms with Gasteiger partial charge < -0.3 is 15.0 Å². The van der Waals surface area contributed by atoms with Crippen LogP contribution in [0.2, 0.25) is 0 Å². The lowest BCUT2D eigenvalue weighted by atomic mass is 10.0. The topological polar surface area (TPSA) is 91.2 Å². The first-order valence-corrected chi connectivity index (χ1v) is 11.5. The first-order valence-electron chi connectivity index (χ1n) is 11.5. The number of carbonyl (C=O) groups excluding carboxylic acids is 1. The van der Waals surface area contributed by atoms with Gasteiger partial charge in [0.2, 0.25) is 0 Å². The molecule has 166 valence electrons. The van der Waals surface area contributed by atoms with E-state index < -0.39 is 6.04 Å². The number of rotatable bonds is 15. The Kier molecular flexibility index (Phi) is 11.2. The molecule has 1 heterocycles. The molecule has 1 aromatic carbocycles. The fraction of sp³-hybridized carbons (Fsp3) is 0.625. The quantitative estimate of drug-likeness (QED) is 0.316. The van der Waals surface area contributed by atoms with Crippen molar-refractivity contribution < 1.29 is 14.1 Å². The largest absolute Gasteiger partial charge is 0.465 e. The van der Waals surface area contributed by atoms with Gasteiger partial charge in [0.25, 0.3) is 5.89 Å². The van der Waals surface area contributed by atoms with Gasteiger partial charge in [-0.1, -0.05) is 75.6 Å². The van der Waals surface area contributed by atoms with E-state index in [1.165, 1.54) is 51.4 Å². The summed E-state index contributed by atoms with van der Waals surface area (Å²) in [6.07, 6.45) is 12.9. The van der Waals surface area contributed by atoms with Crippen molar-refractivity contribution in [2.45, 2.75) is 90.5 Å². The molecule has 0 bridgehead atoms. The average molecular weight is 416 g/mol. The summed E-state index contributed by atoms with van der Waals surface area (Å²) in [4.78, 5) is 16.3. The highest BCUT2D eigenvalue weighted by molar-refractivity contribution is 5.76. The maximum Gasteiger partial charge on any atom is 0.323 e. The highest BCUT2D eigenvalue weighted by Gasteiger charge is 2.16. The molecule has 1 aromatic heterocycles. The van der Waals surface area contributed by atoms with E-state index in [0.717, 1.165) is 29.8 Å². The molecule has 0 fully saturated rings. The number of nitrogens with two attached hydrogens (primary N) is 1. The second kappa shape index (κ2) is 13.9. The summed E-state index contributed by atoms with van der Waals surface area (Å²) in [5.41, 5.74) is 7.70. The molecule has 0 aliphatic rings. The van der Waals surface area contributed by atoms with E-state index >= 15 is 0 Å². The molecule has 0 saturated carbocycles. The molecule has 2 N–H and O–H groups in total. The van der Waals surface area contributed by atoms with Crippen LogP contribution in [-0.4, -0.2) is 28.8 Å². The number of benzene rings is 1. The van der Waals surface area contributed by atoms with Gasteiger partial charge in [0, 0.05) is 12.0 Å². The Morgan fingerprint density at radius 1 is 1.07 bits per heavy atom. The predicted molar refractivity (Wildman–Crippen MR) is 119 cm³/mol. The van der Waals surface area contributed by atoms with Crippen LogP contribution in [0.5, 0.6) is 0 Å². The maximum absolute atomic E-state index is 11.7. The third-order valence-electron chi connectivity index (χ3n) is 5.19. The monoisotopic (exact) mass is 415 g/mol. The molecular weight excluding hydrogens is 378 g/mol. The molecule has 0 amide bonds. The van der Waals surface area contributed by atoms with Crippen LogP contribution in [0.15, 0.2) is 28.8 Å². The van der Waals surface area contributed by atoms with Gasteiger partial charge in [0.15, 0.2) is 5.82 Å². The lowest BCUT2D eigenvalue weighted by molar-refractivity contribution is -0.144. The van der Waals surface area contributed by atoms with Crippen molar-refractivity contribution in [2.24, 2.45) is 5.73 Å². The summed E-state index contributed by atoms with van der Waals surface area (Å²) in [5.74, 6) is 0.873. The Morgan fingerprint density at radius 3 is 2.47 bits per heavy atom. The number of esters is 1. The molecule has 1 unspecified atom stereocenters. The Labute approximate surface area is 180 Å². The van der Waals surface area contributed by atoms with Crippen LogP contribution >= 0.6 is 0 Å². The number of unbranched alkanes of at least 4 members (excludes halogenated alkanes) is 8. The maximum atomic E-state index is 11.7. The van der Waals surface area contributed by atoms with E-state index in [2.05, 4.69) is 17.1 Å². The number of aryl methyl sites for hydroxylation is 1. The Balaban J connectivity index is 1.75. The lowest BCUT2D eigenvalue weighted by Crippen LogP contribution is -2.34. The molecule has 0 aliphatic carbocycles. The minimum atomic E-state index is -0.676. The van der Waals surface area contributed by atoms with Crippen molar-refractivity contribution in [3.05, 3.63) is 35.7 Å². The minimum Gasteiger partial charge on any atom is -0.465 e. The van der Waals surface area contributed by atoms with Crippen molar-refractivity contribution >= 4 is 5.97 Å². The normalized spacial score (nSPS) is 12.1. The number of aromatic nitrogens is 2. The number of hydrogen-bond acceptors (Lipinski definition) is 6. The fourth-order valence-corrected chi connectivity index (χ4v) is 3.48. The van der Waals surface area contributed by atoms with Crippen LogP contribution in [-0.2, 0) is 22.4 Å². The zero-order chi connectivity index (χ0) is 21.6. The van der Waals surface area contributed by atoms with E-state index in [9.17, 15) is 4.79 Å². The minimum absolute atomic E-state index is 0.330. The first kappa shape index (κ1) is 24.1. The predicted octanol–water partition coefficient (Wildman–Crippen LogP) is 5.24. The molecule has 0 radical (unpaired) electrons. The van der Waals surface area contributed by atoms with Crippen molar-refractivity contribution in [3.8, 4) is 11.5 Å². The van der Waals surface area contributed by atoms with Crippen LogP contribution < -0.4 is 5.73 Å². The summed E-state index contributed by atoms with van der Waals surface area (Å²) >= 11 is 0. The molecule has 1 atom stereocenters. The van der Waals surface area contributed by atoms with Gasteiger partial charge in [-0.05, 0) is 37.5 Å². The third-order valence-corrected chi connectivity index (χ3v) is 5.19. The average Bonchev–Trinajstić information content (AvgIpc) is 3.22. The van der Waals surface area contributed by atoms with Crippen LogP contribution in [0, 0.1) is 0 Å². The first-order chi connectivity index (χ1) is 14.6. The molecular formula is C24H37N3O3. The number of nitrogens with zero attached hydrogens (tertiary/aromatic N) is 2. The van der Waals surface area contributed by atoms with E-state index in [4.69, 9.17) is 15.0 Å². The SMILES string of the molecule is CCCCCCCCCCCc1noc(-c2cccc(CC(N)C(=O)OCC)c2)n1. The van der Waals surface area contributed by atoms with Gasteiger partial charge in [-0.15, -0.1) is 0 Å². The molecule has 6 nitrogen and oxygen atoms in total. The summed E-state index contributed by atoms with van der Waals surface area (Å²) in [6, 6.07) is 7.03. The van der Waals surface area contributed by atoms with Crippen LogP contribution in [0.1, 0.15) is 83.0 Å². The van der Waals surface area contributed by atoms with Crippen molar-refractivity contribution in [1.29, 1.82) is 0 Å². The molecule has 30 heavy (non-hydrogen) atoms. The standard InChI is InChI=1S/C24H37N3O3/c1-3-5-6-7-8-9-10-11-12-16-22-26-23(30-27-22)20-15-13-14-19(17-20)18-21(25)24(28)29-4-2/h13-15,17,21H,3-12,16,18,25H2,1-2H3. The summed E-state index contributed by atoms with van der Waals surface area (Å²) in [6.45, 7) is 4.35. The van der Waals surface area contributed by atoms with Crippen molar-refractivity contribution in [2.75, 3.05) is 6.61 Å². The van der Waals surface area contributed by atoms with Gasteiger partial charge >= 0.3 is 5.97 Å². The third kappa shape index (κ3) is 8.66. The number of hydrogen-bond donors (Lipinski definition) is 1. The van der Waals surface area contributed by atoms with Gasteiger partial charge in [0.1, 0.15) is 6.04 Å². The lowest BCUT2D eigenvalue weighted by Gasteiger charge is -2.10. The van der Waals surface area contributed by atoms with Crippen molar-refractivity contribution in [1.82, 2.24) is 10.1 Å². The second-order valence-electron chi connectivity index (χ2n) is 7.86. The summed E-state index contributed by atoms with van der Waals surface area (Å²) in [7, 11) is 0. The van der Waals surface area contributed by atoms with Gasteiger partial charge in [-0.3, -0.25) is 4.79 Å². The van der Waals surface area contributed by atoms with E-state index in [-0.39, 0.29) is 5.97 Å². The van der Waals surface area contributed by atoms with E-state index in [1.54, 1.807) is 6.92 Å². The van der Waals surface area contributed by atoms with Gasteiger partial charge in [-0.25, -0.2) is 0 Å². The molecule has 0 aliphatic heterocycles. The molecule has 6 heteroatoms. The number of carbonyl (C=O) groups is 1. The molecule has 2 aromatic rings. The Morgan fingerprint density at radius 2 is 1.77 bits per heavy atom. The van der Waals surface area contributed by atoms with E-state index in [0.29, 0.717) is 18.9 Å². The van der Waals surface area contributed by atoms with Gasteiger partial charge in [0.05, 0.1) is 6.61 Å². The van der Waals surface area contributed by atoms with Crippen LogP contribution in [0.25, 0.3) is 11.5 Å². The van der Waals surface area contributed by atoms with Crippen LogP contribution in [0.4, 0.5) is 0 Å². The fourth-order valence-electron chi connectivity index (χ4n) is 3.48.